The number of aromatic nitrogens is 3. The number of rotatable bonds is 6. The number of amides is 1. The van der Waals surface area contributed by atoms with Crippen LogP contribution in [0, 0.1) is 0 Å². The molecule has 2 unspecified atom stereocenters. The zero-order valence-corrected chi connectivity index (χ0v) is 20.2. The van der Waals surface area contributed by atoms with Crippen molar-refractivity contribution < 1.29 is 9.53 Å². The molecule has 0 saturated carbocycles. The van der Waals surface area contributed by atoms with E-state index in [1.165, 1.54) is 0 Å². The molecule has 4 N–H and O–H groups in total. The number of piperidine rings is 1. The van der Waals surface area contributed by atoms with Gasteiger partial charge >= 0.3 is 0 Å². The number of hydrogen-bond acceptors (Lipinski definition) is 6. The largest absolute Gasteiger partial charge is 0.381 e. The number of nitrogen functional groups attached to an aromatic ring is 1. The van der Waals surface area contributed by atoms with Crippen molar-refractivity contribution in [1.82, 2.24) is 25.0 Å². The fourth-order valence-electron chi connectivity index (χ4n) is 4.82. The quantitative estimate of drug-likeness (QED) is 0.507. The third kappa shape index (κ3) is 4.85. The Morgan fingerprint density at radius 3 is 3.00 bits per heavy atom. The number of imidazole rings is 1. The van der Waals surface area contributed by atoms with Crippen LogP contribution < -0.4 is 16.4 Å². The van der Waals surface area contributed by atoms with E-state index in [1.54, 1.807) is 13.3 Å². The van der Waals surface area contributed by atoms with Gasteiger partial charge in [-0.15, -0.1) is 0 Å². The minimum Gasteiger partial charge on any atom is -0.381 e. The number of methoxy groups -OCH3 is 1. The van der Waals surface area contributed by atoms with Gasteiger partial charge in [0, 0.05) is 36.9 Å². The van der Waals surface area contributed by atoms with E-state index >= 15 is 0 Å². The molecule has 35 heavy (non-hydrogen) atoms. The summed E-state index contributed by atoms with van der Waals surface area (Å²) in [6, 6.07) is 7.48. The summed E-state index contributed by atoms with van der Waals surface area (Å²) in [6.45, 7) is 3.96. The van der Waals surface area contributed by atoms with Crippen LogP contribution in [-0.4, -0.2) is 52.6 Å². The van der Waals surface area contributed by atoms with Crippen molar-refractivity contribution in [2.75, 3.05) is 25.9 Å². The van der Waals surface area contributed by atoms with Gasteiger partial charge in [0.05, 0.1) is 29.7 Å². The van der Waals surface area contributed by atoms with E-state index in [0.717, 1.165) is 54.9 Å². The van der Waals surface area contributed by atoms with E-state index in [4.69, 9.17) is 15.5 Å². The SMILES string of the molecule is COC1C=CC([C@H](C)NC(=O)c2cccc(-c3cnc(N)c4nc(C5CCCNC5)cn34)c2)=CC1. The summed E-state index contributed by atoms with van der Waals surface area (Å²) in [7, 11) is 1.70. The minimum atomic E-state index is -0.123. The predicted octanol–water partition coefficient (Wildman–Crippen LogP) is 3.47. The Morgan fingerprint density at radius 2 is 2.26 bits per heavy atom. The molecular formula is C27H32N6O2. The maximum absolute atomic E-state index is 13.1. The molecule has 2 aliphatic rings. The number of carbonyl (C=O) groups excluding carboxylic acids is 1. The summed E-state index contributed by atoms with van der Waals surface area (Å²) in [5, 5.41) is 6.56. The molecule has 5 rings (SSSR count). The number of nitrogens with two attached hydrogens (primary N) is 1. The highest BCUT2D eigenvalue weighted by Gasteiger charge is 2.21. The van der Waals surface area contributed by atoms with Gasteiger partial charge in [-0.3, -0.25) is 9.20 Å². The number of nitrogens with zero attached hydrogens (tertiary/aromatic N) is 3. The second kappa shape index (κ2) is 10.0. The van der Waals surface area contributed by atoms with Gasteiger partial charge in [0.25, 0.3) is 5.91 Å². The molecule has 1 aromatic carbocycles. The van der Waals surface area contributed by atoms with Gasteiger partial charge in [-0.2, -0.15) is 0 Å². The van der Waals surface area contributed by atoms with Crippen LogP contribution in [0.3, 0.4) is 0 Å². The van der Waals surface area contributed by atoms with Crippen LogP contribution >= 0.6 is 0 Å². The number of benzene rings is 1. The lowest BCUT2D eigenvalue weighted by atomic mass is 9.97. The summed E-state index contributed by atoms with van der Waals surface area (Å²) in [5.74, 6) is 0.634. The normalized spacial score (nSPS) is 21.0. The first-order chi connectivity index (χ1) is 17.0. The number of nitrogens with one attached hydrogen (secondary N) is 2. The Morgan fingerprint density at radius 1 is 1.37 bits per heavy atom. The van der Waals surface area contributed by atoms with Gasteiger partial charge in [0.2, 0.25) is 0 Å². The van der Waals surface area contributed by atoms with Gasteiger partial charge in [-0.25, -0.2) is 9.97 Å². The average molecular weight is 473 g/mol. The van der Waals surface area contributed by atoms with Crippen molar-refractivity contribution >= 4 is 17.4 Å². The zero-order valence-electron chi connectivity index (χ0n) is 20.2. The van der Waals surface area contributed by atoms with Crippen LogP contribution in [0.25, 0.3) is 16.9 Å². The lowest BCUT2D eigenvalue weighted by Gasteiger charge is -2.20. The Bertz CT molecular complexity index is 1290. The van der Waals surface area contributed by atoms with Gasteiger partial charge in [-0.05, 0) is 50.4 Å². The topological polar surface area (TPSA) is 107 Å². The molecule has 1 aliphatic carbocycles. The zero-order chi connectivity index (χ0) is 24.4. The average Bonchev–Trinajstić information content (AvgIpc) is 3.36. The van der Waals surface area contributed by atoms with Crippen molar-refractivity contribution in [3.05, 3.63) is 71.7 Å². The molecule has 3 aromatic rings. The highest BCUT2D eigenvalue weighted by Crippen LogP contribution is 2.28. The Balaban J connectivity index is 1.39. The molecule has 1 aliphatic heterocycles. The Kier molecular flexibility index (Phi) is 6.66. The summed E-state index contributed by atoms with van der Waals surface area (Å²) >= 11 is 0. The van der Waals surface area contributed by atoms with E-state index in [0.29, 0.717) is 22.9 Å². The molecule has 0 spiro atoms. The van der Waals surface area contributed by atoms with Crippen molar-refractivity contribution in [3.8, 4) is 11.3 Å². The third-order valence-corrected chi connectivity index (χ3v) is 6.91. The molecule has 0 radical (unpaired) electrons. The van der Waals surface area contributed by atoms with Crippen molar-refractivity contribution in [1.29, 1.82) is 0 Å². The van der Waals surface area contributed by atoms with Crippen LogP contribution in [0.4, 0.5) is 5.82 Å². The van der Waals surface area contributed by atoms with E-state index < -0.39 is 0 Å². The standard InChI is InChI=1S/C27H32N6O2/c1-17(18-8-10-22(35-2)11-9-18)31-27(34)20-6-3-5-19(13-20)24-15-30-25(28)26-32-23(16-33(24)26)21-7-4-12-29-14-21/h3,5-6,8-10,13,15-17,21-22,29H,4,7,11-12,14H2,1-2H3,(H2,28,30)(H,31,34)/t17-,21?,22?/m0/s1. The number of hydrogen-bond donors (Lipinski definition) is 3. The molecule has 1 amide bonds. The van der Waals surface area contributed by atoms with Gasteiger partial charge in [-0.1, -0.05) is 30.4 Å². The lowest BCUT2D eigenvalue weighted by molar-refractivity contribution is 0.0945. The second-order valence-electron chi connectivity index (χ2n) is 9.28. The maximum Gasteiger partial charge on any atom is 0.251 e. The minimum absolute atomic E-state index is 0.0988. The second-order valence-corrected chi connectivity index (χ2v) is 9.28. The highest BCUT2D eigenvalue weighted by atomic mass is 16.5. The van der Waals surface area contributed by atoms with E-state index in [2.05, 4.69) is 27.9 Å². The first-order valence-corrected chi connectivity index (χ1v) is 12.2. The van der Waals surface area contributed by atoms with Crippen LogP contribution in [0.5, 0.6) is 0 Å². The van der Waals surface area contributed by atoms with E-state index in [9.17, 15) is 4.79 Å². The van der Waals surface area contributed by atoms with Crippen LogP contribution in [0.2, 0.25) is 0 Å². The van der Waals surface area contributed by atoms with E-state index in [-0.39, 0.29) is 18.1 Å². The third-order valence-electron chi connectivity index (χ3n) is 6.91. The molecule has 3 heterocycles. The van der Waals surface area contributed by atoms with Crippen LogP contribution in [-0.2, 0) is 4.74 Å². The number of ether oxygens (including phenoxy) is 1. The fraction of sp³-hybridized carbons (Fsp3) is 0.370. The Hall–Kier alpha value is -3.49. The predicted molar refractivity (Wildman–Crippen MR) is 137 cm³/mol. The van der Waals surface area contributed by atoms with Gasteiger partial charge in [0.15, 0.2) is 11.5 Å². The highest BCUT2D eigenvalue weighted by molar-refractivity contribution is 5.95. The van der Waals surface area contributed by atoms with Gasteiger partial charge < -0.3 is 21.1 Å². The number of fused-ring (bicyclic) bond motifs is 1. The maximum atomic E-state index is 13.1. The molecule has 1 saturated heterocycles. The summed E-state index contributed by atoms with van der Waals surface area (Å²) in [5.41, 5.74) is 11.2. The molecule has 2 aromatic heterocycles. The summed E-state index contributed by atoms with van der Waals surface area (Å²) in [6.07, 6.45) is 13.1. The summed E-state index contributed by atoms with van der Waals surface area (Å²) < 4.78 is 7.35. The summed E-state index contributed by atoms with van der Waals surface area (Å²) in [4.78, 5) is 22.3. The first-order valence-electron chi connectivity index (χ1n) is 12.2. The van der Waals surface area contributed by atoms with E-state index in [1.807, 2.05) is 47.7 Å². The molecule has 0 bridgehead atoms. The smallest absolute Gasteiger partial charge is 0.251 e. The van der Waals surface area contributed by atoms with Gasteiger partial charge in [0.1, 0.15) is 0 Å². The lowest BCUT2D eigenvalue weighted by Crippen LogP contribution is -2.34. The monoisotopic (exact) mass is 472 g/mol. The molecule has 182 valence electrons. The molecule has 1 fully saturated rings. The molecule has 3 atom stereocenters. The first kappa shape index (κ1) is 23.3. The van der Waals surface area contributed by atoms with Crippen molar-refractivity contribution in [2.24, 2.45) is 0 Å². The fourth-order valence-corrected chi connectivity index (χ4v) is 4.82. The van der Waals surface area contributed by atoms with Crippen molar-refractivity contribution in [2.45, 2.75) is 44.2 Å². The molecule has 8 nitrogen and oxygen atoms in total. The van der Waals surface area contributed by atoms with Crippen LogP contribution in [0.1, 0.15) is 48.2 Å². The number of carbonyl (C=O) groups is 1. The molecule has 8 heteroatoms. The Labute approximate surface area is 205 Å². The van der Waals surface area contributed by atoms with Crippen molar-refractivity contribution in [3.63, 3.8) is 0 Å². The van der Waals surface area contributed by atoms with Crippen LogP contribution in [0.15, 0.2) is 60.5 Å². The molecular weight excluding hydrogens is 440 g/mol. The number of anilines is 1.